The number of pyridine rings is 1. The third-order valence-corrected chi connectivity index (χ3v) is 2.41. The number of rotatable bonds is 3. The van der Waals surface area contributed by atoms with E-state index in [1.165, 1.54) is 18.7 Å². The molecule has 0 radical (unpaired) electrons. The summed E-state index contributed by atoms with van der Waals surface area (Å²) in [5.41, 5.74) is 6.16. The van der Waals surface area contributed by atoms with Gasteiger partial charge in [-0.3, -0.25) is 9.59 Å². The van der Waals surface area contributed by atoms with E-state index in [0.717, 1.165) is 5.56 Å². The molecular formula is C10H12N2O2S. The van der Waals surface area contributed by atoms with Crippen LogP contribution in [0.15, 0.2) is 23.1 Å². The average molecular weight is 224 g/mol. The molecule has 80 valence electrons. The summed E-state index contributed by atoms with van der Waals surface area (Å²) in [5, 5.41) is 0.0839. The van der Waals surface area contributed by atoms with E-state index in [-0.39, 0.29) is 16.4 Å². The van der Waals surface area contributed by atoms with Crippen LogP contribution in [0.4, 0.5) is 5.69 Å². The van der Waals surface area contributed by atoms with Crippen LogP contribution in [-0.4, -0.2) is 15.9 Å². The average Bonchev–Trinajstić information content (AvgIpc) is 2.18. The second-order valence-corrected chi connectivity index (χ2v) is 4.12. The van der Waals surface area contributed by atoms with E-state index in [0.29, 0.717) is 5.75 Å². The Kier molecular flexibility index (Phi) is 4.17. The summed E-state index contributed by atoms with van der Waals surface area (Å²) in [4.78, 5) is 24.1. The highest BCUT2D eigenvalue weighted by Crippen LogP contribution is 2.05. The topological polar surface area (TPSA) is 76.0 Å². The molecule has 0 aliphatic carbocycles. The van der Waals surface area contributed by atoms with Gasteiger partial charge < -0.3 is 10.7 Å². The Bertz CT molecular complexity index is 437. The number of H-pyrrole nitrogens is 1. The monoisotopic (exact) mass is 224 g/mol. The smallest absolute Gasteiger partial charge is 0.271 e. The summed E-state index contributed by atoms with van der Waals surface area (Å²) in [7, 11) is 0. The van der Waals surface area contributed by atoms with E-state index in [4.69, 9.17) is 5.73 Å². The summed E-state index contributed by atoms with van der Waals surface area (Å²) < 4.78 is 0. The second-order valence-electron chi connectivity index (χ2n) is 2.92. The molecule has 0 saturated carbocycles. The lowest BCUT2D eigenvalue weighted by atomic mass is 10.2. The molecule has 0 aliphatic heterocycles. The van der Waals surface area contributed by atoms with Crippen molar-refractivity contribution in [3.05, 3.63) is 34.3 Å². The largest absolute Gasteiger partial charge is 0.394 e. The zero-order valence-electron chi connectivity index (χ0n) is 8.32. The van der Waals surface area contributed by atoms with Gasteiger partial charge in [0.1, 0.15) is 0 Å². The lowest BCUT2D eigenvalue weighted by Gasteiger charge is -1.95. The lowest BCUT2D eigenvalue weighted by Crippen LogP contribution is -2.10. The molecule has 3 N–H and O–H groups in total. The first-order valence-corrected chi connectivity index (χ1v) is 5.36. The van der Waals surface area contributed by atoms with Crippen molar-refractivity contribution in [2.24, 2.45) is 0 Å². The van der Waals surface area contributed by atoms with Crippen LogP contribution < -0.4 is 11.3 Å². The number of aromatic amines is 1. The summed E-state index contributed by atoms with van der Waals surface area (Å²) in [5.74, 6) is 0.619. The number of hydrogen-bond donors (Lipinski definition) is 2. The minimum Gasteiger partial charge on any atom is -0.394 e. The van der Waals surface area contributed by atoms with Crippen LogP contribution in [0, 0.1) is 0 Å². The summed E-state index contributed by atoms with van der Waals surface area (Å²) in [6.07, 6.45) is 5.23. The molecule has 0 aliphatic rings. The molecule has 1 aromatic rings. The van der Waals surface area contributed by atoms with Crippen molar-refractivity contribution in [1.82, 2.24) is 4.98 Å². The highest BCUT2D eigenvalue weighted by Gasteiger charge is 1.94. The van der Waals surface area contributed by atoms with Gasteiger partial charge >= 0.3 is 0 Å². The predicted molar refractivity (Wildman–Crippen MR) is 63.6 cm³/mol. The van der Waals surface area contributed by atoms with Crippen molar-refractivity contribution in [3.8, 4) is 0 Å². The van der Waals surface area contributed by atoms with E-state index in [1.807, 2.05) is 12.2 Å². The van der Waals surface area contributed by atoms with Gasteiger partial charge in [0, 0.05) is 18.9 Å². The number of nitrogens with two attached hydrogens (primary N) is 1. The molecule has 0 amide bonds. The van der Waals surface area contributed by atoms with Crippen molar-refractivity contribution < 1.29 is 4.79 Å². The zero-order valence-corrected chi connectivity index (χ0v) is 9.14. The Labute approximate surface area is 91.6 Å². The van der Waals surface area contributed by atoms with Gasteiger partial charge in [0.25, 0.3) is 5.56 Å². The van der Waals surface area contributed by atoms with Gasteiger partial charge in [0.2, 0.25) is 0 Å². The lowest BCUT2D eigenvalue weighted by molar-refractivity contribution is -0.109. The number of nitrogen functional groups attached to an aromatic ring is 1. The minimum absolute atomic E-state index is 0.0839. The third kappa shape index (κ3) is 4.03. The number of carbonyl (C=O) groups excluding carboxylic acids is 1. The molecule has 1 aromatic heterocycles. The first-order valence-electron chi connectivity index (χ1n) is 4.37. The second kappa shape index (κ2) is 5.41. The van der Waals surface area contributed by atoms with Crippen molar-refractivity contribution in [3.63, 3.8) is 0 Å². The fourth-order valence-corrected chi connectivity index (χ4v) is 1.39. The van der Waals surface area contributed by atoms with Crippen molar-refractivity contribution >= 4 is 28.6 Å². The molecule has 0 bridgehead atoms. The van der Waals surface area contributed by atoms with Crippen molar-refractivity contribution in [2.45, 2.75) is 6.92 Å². The Balaban J connectivity index is 2.61. The van der Waals surface area contributed by atoms with Gasteiger partial charge in [-0.15, -0.1) is 0 Å². The fourth-order valence-electron chi connectivity index (χ4n) is 0.965. The molecule has 0 unspecified atom stereocenters. The molecule has 0 aromatic carbocycles. The SMILES string of the molecule is CC(=O)SCC=Cc1c[nH]c(=O)c(N)c1. The first kappa shape index (κ1) is 11.6. The zero-order chi connectivity index (χ0) is 11.3. The highest BCUT2D eigenvalue weighted by molar-refractivity contribution is 8.13. The maximum atomic E-state index is 10.9. The van der Waals surface area contributed by atoms with Crippen LogP contribution in [0.25, 0.3) is 6.08 Å². The number of anilines is 1. The van der Waals surface area contributed by atoms with Gasteiger partial charge in [-0.25, -0.2) is 0 Å². The molecule has 0 fully saturated rings. The molecule has 1 heterocycles. The third-order valence-electron chi connectivity index (χ3n) is 1.65. The maximum absolute atomic E-state index is 10.9. The molecule has 0 spiro atoms. The van der Waals surface area contributed by atoms with Gasteiger partial charge in [0.05, 0.1) is 5.69 Å². The Morgan fingerprint density at radius 3 is 3.00 bits per heavy atom. The molecule has 5 heteroatoms. The number of carbonyl (C=O) groups is 1. The number of hydrogen-bond acceptors (Lipinski definition) is 4. The van der Waals surface area contributed by atoms with E-state index in [9.17, 15) is 9.59 Å². The molecule has 0 atom stereocenters. The summed E-state index contributed by atoms with van der Waals surface area (Å²) in [6, 6.07) is 1.59. The van der Waals surface area contributed by atoms with Crippen LogP contribution >= 0.6 is 11.8 Å². The quantitative estimate of drug-likeness (QED) is 0.810. The predicted octanol–water partition coefficient (Wildman–Crippen LogP) is 1.25. The van der Waals surface area contributed by atoms with Crippen LogP contribution in [0.3, 0.4) is 0 Å². The maximum Gasteiger partial charge on any atom is 0.271 e. The Hall–Kier alpha value is -1.49. The molecule has 15 heavy (non-hydrogen) atoms. The minimum atomic E-state index is -0.287. The Morgan fingerprint density at radius 2 is 2.40 bits per heavy atom. The van der Waals surface area contributed by atoms with E-state index >= 15 is 0 Å². The number of nitrogens with one attached hydrogen (secondary N) is 1. The van der Waals surface area contributed by atoms with Crippen molar-refractivity contribution in [1.29, 1.82) is 0 Å². The normalized spacial score (nSPS) is 10.7. The first-order chi connectivity index (χ1) is 7.09. The van der Waals surface area contributed by atoms with Crippen LogP contribution in [0.1, 0.15) is 12.5 Å². The van der Waals surface area contributed by atoms with E-state index < -0.39 is 0 Å². The van der Waals surface area contributed by atoms with Crippen molar-refractivity contribution in [2.75, 3.05) is 11.5 Å². The van der Waals surface area contributed by atoms with Crippen LogP contribution in [0.5, 0.6) is 0 Å². The van der Waals surface area contributed by atoms with E-state index in [1.54, 1.807) is 12.3 Å². The number of aromatic nitrogens is 1. The fraction of sp³-hybridized carbons (Fsp3) is 0.200. The Morgan fingerprint density at radius 1 is 1.67 bits per heavy atom. The van der Waals surface area contributed by atoms with Crippen LogP contribution in [0.2, 0.25) is 0 Å². The van der Waals surface area contributed by atoms with Gasteiger partial charge in [-0.2, -0.15) is 0 Å². The van der Waals surface area contributed by atoms with Gasteiger partial charge in [-0.1, -0.05) is 23.9 Å². The summed E-state index contributed by atoms with van der Waals surface area (Å²) >= 11 is 1.23. The van der Waals surface area contributed by atoms with Gasteiger partial charge in [0.15, 0.2) is 5.12 Å². The number of thioether (sulfide) groups is 1. The highest BCUT2D eigenvalue weighted by atomic mass is 32.2. The molecule has 1 rings (SSSR count). The summed E-state index contributed by atoms with van der Waals surface area (Å²) in [6.45, 7) is 1.52. The standard InChI is InChI=1S/C10H12N2O2S/c1-7(13)15-4-2-3-8-5-9(11)10(14)12-6-8/h2-3,5-6H,4,11H2,1H3,(H,12,14). The molecule has 0 saturated heterocycles. The van der Waals surface area contributed by atoms with Crippen LogP contribution in [-0.2, 0) is 4.79 Å². The molecular weight excluding hydrogens is 212 g/mol. The van der Waals surface area contributed by atoms with Gasteiger partial charge in [-0.05, 0) is 11.6 Å². The van der Waals surface area contributed by atoms with E-state index in [2.05, 4.69) is 4.98 Å². The molecule has 4 nitrogen and oxygen atoms in total.